The van der Waals surface area contributed by atoms with Gasteiger partial charge in [0.2, 0.25) is 0 Å². The fourth-order valence-corrected chi connectivity index (χ4v) is 2.96. The minimum atomic E-state index is -3.54. The van der Waals surface area contributed by atoms with E-state index in [1.807, 2.05) is 0 Å². The van der Waals surface area contributed by atoms with Crippen LogP contribution in [0.25, 0.3) is 0 Å². The minimum Gasteiger partial charge on any atom is -0.395 e. The van der Waals surface area contributed by atoms with Gasteiger partial charge in [-0.15, -0.1) is 8.78 Å². The van der Waals surface area contributed by atoms with Crippen LogP contribution >= 0.6 is 0 Å². The van der Waals surface area contributed by atoms with Crippen molar-refractivity contribution in [2.24, 2.45) is 5.92 Å². The molecule has 110 valence electrons. The summed E-state index contributed by atoms with van der Waals surface area (Å²) in [6, 6.07) is 4.82. The number of anilines is 1. The third-order valence-electron chi connectivity index (χ3n) is 4.01. The number of benzene rings is 1. The SMILES string of the molecule is FC1(F)Oc2ccc(NCCC3CCCCC3)cc2O1. The first-order valence-corrected chi connectivity index (χ1v) is 7.26. The average molecular weight is 283 g/mol. The highest BCUT2D eigenvalue weighted by molar-refractivity contribution is 5.55. The van der Waals surface area contributed by atoms with Crippen LogP contribution in [0, 0.1) is 5.92 Å². The van der Waals surface area contributed by atoms with Gasteiger partial charge in [-0.2, -0.15) is 0 Å². The van der Waals surface area contributed by atoms with Gasteiger partial charge in [0.05, 0.1) is 0 Å². The molecule has 0 amide bonds. The standard InChI is InChI=1S/C15H19F2NO2/c16-15(17)19-13-7-6-12(10-14(13)20-15)18-9-8-11-4-2-1-3-5-11/h6-7,10-11,18H,1-5,8-9H2. The average Bonchev–Trinajstić information content (AvgIpc) is 2.73. The number of alkyl halides is 2. The molecule has 3 nitrogen and oxygen atoms in total. The molecule has 0 aromatic heterocycles. The fourth-order valence-electron chi connectivity index (χ4n) is 2.96. The highest BCUT2D eigenvalue weighted by atomic mass is 19.3. The largest absolute Gasteiger partial charge is 0.586 e. The summed E-state index contributed by atoms with van der Waals surface area (Å²) >= 11 is 0. The van der Waals surface area contributed by atoms with E-state index in [-0.39, 0.29) is 11.5 Å². The summed E-state index contributed by atoms with van der Waals surface area (Å²) in [7, 11) is 0. The molecule has 0 atom stereocenters. The predicted octanol–water partition coefficient (Wildman–Crippen LogP) is 4.39. The van der Waals surface area contributed by atoms with Gasteiger partial charge in [-0.05, 0) is 24.5 Å². The maximum Gasteiger partial charge on any atom is 0.586 e. The van der Waals surface area contributed by atoms with E-state index >= 15 is 0 Å². The van der Waals surface area contributed by atoms with Gasteiger partial charge in [-0.3, -0.25) is 0 Å². The lowest BCUT2D eigenvalue weighted by atomic mass is 9.87. The van der Waals surface area contributed by atoms with Gasteiger partial charge in [0, 0.05) is 18.3 Å². The van der Waals surface area contributed by atoms with E-state index < -0.39 is 6.29 Å². The van der Waals surface area contributed by atoms with E-state index in [1.165, 1.54) is 38.2 Å². The maximum absolute atomic E-state index is 12.9. The first-order valence-electron chi connectivity index (χ1n) is 7.26. The zero-order valence-corrected chi connectivity index (χ0v) is 11.3. The topological polar surface area (TPSA) is 30.5 Å². The van der Waals surface area contributed by atoms with Crippen LogP contribution in [0.1, 0.15) is 38.5 Å². The molecule has 1 heterocycles. The zero-order chi connectivity index (χ0) is 14.0. The summed E-state index contributed by atoms with van der Waals surface area (Å²) in [6.07, 6.45) is 4.26. The highest BCUT2D eigenvalue weighted by Crippen LogP contribution is 2.42. The predicted molar refractivity (Wildman–Crippen MR) is 72.3 cm³/mol. The van der Waals surface area contributed by atoms with Crippen LogP contribution < -0.4 is 14.8 Å². The van der Waals surface area contributed by atoms with E-state index in [0.29, 0.717) is 0 Å². The maximum atomic E-state index is 12.9. The van der Waals surface area contributed by atoms with E-state index in [9.17, 15) is 8.78 Å². The Labute approximate surface area is 117 Å². The molecular weight excluding hydrogens is 264 g/mol. The number of ether oxygens (including phenoxy) is 2. The lowest BCUT2D eigenvalue weighted by molar-refractivity contribution is -0.286. The zero-order valence-electron chi connectivity index (χ0n) is 11.3. The van der Waals surface area contributed by atoms with Gasteiger partial charge in [-0.25, -0.2) is 0 Å². The molecule has 5 heteroatoms. The van der Waals surface area contributed by atoms with Crippen molar-refractivity contribution in [3.8, 4) is 11.5 Å². The van der Waals surface area contributed by atoms with E-state index in [1.54, 1.807) is 12.1 Å². The van der Waals surface area contributed by atoms with Crippen LogP contribution in [0.15, 0.2) is 18.2 Å². The molecule has 3 rings (SSSR count). The van der Waals surface area contributed by atoms with Crippen LogP contribution in [0.5, 0.6) is 11.5 Å². The summed E-state index contributed by atoms with van der Waals surface area (Å²) in [5, 5.41) is 3.27. The molecule has 1 saturated carbocycles. The number of halogens is 2. The second kappa shape index (κ2) is 5.46. The molecule has 1 aliphatic heterocycles. The Morgan fingerprint density at radius 1 is 1.10 bits per heavy atom. The smallest absolute Gasteiger partial charge is 0.395 e. The molecule has 1 aliphatic carbocycles. The van der Waals surface area contributed by atoms with E-state index in [2.05, 4.69) is 14.8 Å². The van der Waals surface area contributed by atoms with Crippen LogP contribution in [-0.2, 0) is 0 Å². The van der Waals surface area contributed by atoms with Gasteiger partial charge in [-0.1, -0.05) is 32.1 Å². The number of hydrogen-bond acceptors (Lipinski definition) is 3. The monoisotopic (exact) mass is 283 g/mol. The summed E-state index contributed by atoms with van der Waals surface area (Å²) in [5.41, 5.74) is 0.792. The van der Waals surface area contributed by atoms with Crippen molar-refractivity contribution < 1.29 is 18.3 Å². The first-order chi connectivity index (χ1) is 9.62. The molecule has 0 bridgehead atoms. The number of nitrogens with one attached hydrogen (secondary N) is 1. The van der Waals surface area contributed by atoms with Crippen molar-refractivity contribution in [3.05, 3.63) is 18.2 Å². The molecule has 1 N–H and O–H groups in total. The third kappa shape index (κ3) is 3.14. The molecule has 1 fully saturated rings. The minimum absolute atomic E-state index is 0.0906. The number of hydrogen-bond donors (Lipinski definition) is 1. The normalized spacial score (nSPS) is 20.9. The molecule has 0 radical (unpaired) electrons. The molecule has 2 aliphatic rings. The lowest BCUT2D eigenvalue weighted by Crippen LogP contribution is -2.25. The first kappa shape index (κ1) is 13.5. The van der Waals surface area contributed by atoms with Gasteiger partial charge < -0.3 is 14.8 Å². The van der Waals surface area contributed by atoms with Crippen molar-refractivity contribution in [1.29, 1.82) is 0 Å². The Bertz CT molecular complexity index is 473. The highest BCUT2D eigenvalue weighted by Gasteiger charge is 2.43. The third-order valence-corrected chi connectivity index (χ3v) is 4.01. The van der Waals surface area contributed by atoms with Crippen LogP contribution in [0.3, 0.4) is 0 Å². The van der Waals surface area contributed by atoms with Crippen LogP contribution in [0.4, 0.5) is 14.5 Å². The summed E-state index contributed by atoms with van der Waals surface area (Å²) < 4.78 is 34.6. The second-order valence-corrected chi connectivity index (χ2v) is 5.55. The molecule has 1 aromatic rings. The summed E-state index contributed by atoms with van der Waals surface area (Å²) in [4.78, 5) is 0. The molecule has 1 aromatic carbocycles. The summed E-state index contributed by atoms with van der Waals surface area (Å²) in [5.74, 6) is 0.986. The molecule has 0 spiro atoms. The second-order valence-electron chi connectivity index (χ2n) is 5.55. The van der Waals surface area contributed by atoms with E-state index in [4.69, 9.17) is 0 Å². The Morgan fingerprint density at radius 3 is 2.65 bits per heavy atom. The molecule has 0 saturated heterocycles. The Hall–Kier alpha value is -1.52. The Kier molecular flexibility index (Phi) is 3.68. The quantitative estimate of drug-likeness (QED) is 0.889. The van der Waals surface area contributed by atoms with E-state index in [0.717, 1.165) is 24.6 Å². The van der Waals surface area contributed by atoms with Crippen LogP contribution in [-0.4, -0.2) is 12.8 Å². The van der Waals surface area contributed by atoms with Crippen molar-refractivity contribution >= 4 is 5.69 Å². The van der Waals surface area contributed by atoms with Crippen molar-refractivity contribution in [3.63, 3.8) is 0 Å². The number of fused-ring (bicyclic) bond motifs is 1. The Balaban J connectivity index is 1.51. The Morgan fingerprint density at radius 2 is 1.85 bits per heavy atom. The fraction of sp³-hybridized carbons (Fsp3) is 0.600. The van der Waals surface area contributed by atoms with Gasteiger partial charge >= 0.3 is 6.29 Å². The van der Waals surface area contributed by atoms with Gasteiger partial charge in [0.1, 0.15) is 0 Å². The van der Waals surface area contributed by atoms with Gasteiger partial charge in [0.15, 0.2) is 11.5 Å². The van der Waals surface area contributed by atoms with Crippen LogP contribution in [0.2, 0.25) is 0 Å². The number of rotatable bonds is 4. The molecular formula is C15H19F2NO2. The molecule has 0 unspecified atom stereocenters. The van der Waals surface area contributed by atoms with Gasteiger partial charge in [0.25, 0.3) is 0 Å². The van der Waals surface area contributed by atoms with Crippen molar-refractivity contribution in [2.75, 3.05) is 11.9 Å². The van der Waals surface area contributed by atoms with Crippen molar-refractivity contribution in [2.45, 2.75) is 44.8 Å². The lowest BCUT2D eigenvalue weighted by Gasteiger charge is -2.21. The van der Waals surface area contributed by atoms with Crippen molar-refractivity contribution in [1.82, 2.24) is 0 Å². The molecule has 20 heavy (non-hydrogen) atoms. The summed E-state index contributed by atoms with van der Waals surface area (Å²) in [6.45, 7) is 0.862.